The molecule has 0 fully saturated rings. The molecule has 1 heterocycles. The number of hydrogen-bond acceptors (Lipinski definition) is 6. The molecule has 0 unspecified atom stereocenters. The number of benzene rings is 2. The summed E-state index contributed by atoms with van der Waals surface area (Å²) in [5, 5.41) is 11.0. The molecule has 0 aliphatic carbocycles. The number of nitrogens with zero attached hydrogens (tertiary/aromatic N) is 3. The number of carbonyl (C=O) groups is 2. The lowest BCUT2D eigenvalue weighted by Gasteiger charge is -2.13. The maximum absolute atomic E-state index is 12.3. The molecule has 138 valence electrons. The van der Waals surface area contributed by atoms with Crippen LogP contribution in [0.15, 0.2) is 53.3 Å². The van der Waals surface area contributed by atoms with Crippen molar-refractivity contribution < 1.29 is 14.3 Å². The molecule has 1 amide bonds. The molecule has 3 aromatic rings. The maximum Gasteiger partial charge on any atom is 0.330 e. The Morgan fingerprint density at radius 3 is 2.63 bits per heavy atom. The minimum absolute atomic E-state index is 0.357. The van der Waals surface area contributed by atoms with Gasteiger partial charge in [0, 0.05) is 10.6 Å². The molecule has 2 aromatic carbocycles. The van der Waals surface area contributed by atoms with E-state index in [1.165, 1.54) is 6.92 Å². The second-order valence-electron chi connectivity index (χ2n) is 5.71. The van der Waals surface area contributed by atoms with E-state index in [1.54, 1.807) is 48.5 Å². The first-order chi connectivity index (χ1) is 13.0. The molecule has 1 aromatic heterocycles. The van der Waals surface area contributed by atoms with Gasteiger partial charge < -0.3 is 10.1 Å². The second kappa shape index (κ2) is 7.96. The zero-order valence-electron chi connectivity index (χ0n) is 14.3. The monoisotopic (exact) mass is 386 g/mol. The molecule has 0 radical (unpaired) electrons. The van der Waals surface area contributed by atoms with Crippen LogP contribution in [0.25, 0.3) is 10.9 Å². The van der Waals surface area contributed by atoms with Crippen LogP contribution in [0, 0.1) is 0 Å². The number of rotatable bonds is 5. The van der Waals surface area contributed by atoms with Crippen LogP contribution in [0.5, 0.6) is 0 Å². The lowest BCUT2D eigenvalue weighted by Crippen LogP contribution is -2.40. The third-order valence-corrected chi connectivity index (χ3v) is 4.02. The molecule has 27 heavy (non-hydrogen) atoms. The number of hydrogen-bond donors (Lipinski definition) is 1. The predicted molar refractivity (Wildman–Crippen MR) is 98.3 cm³/mol. The summed E-state index contributed by atoms with van der Waals surface area (Å²) in [4.78, 5) is 36.5. The number of esters is 1. The Balaban J connectivity index is 1.62. The summed E-state index contributed by atoms with van der Waals surface area (Å²) in [6.45, 7) is 1.07. The number of amides is 1. The van der Waals surface area contributed by atoms with Gasteiger partial charge in [-0.1, -0.05) is 28.9 Å². The zero-order valence-corrected chi connectivity index (χ0v) is 15.0. The first-order valence-corrected chi connectivity index (χ1v) is 8.39. The van der Waals surface area contributed by atoms with E-state index < -0.39 is 30.2 Å². The number of aromatic nitrogens is 3. The van der Waals surface area contributed by atoms with Crippen LogP contribution in [0.2, 0.25) is 5.02 Å². The van der Waals surface area contributed by atoms with Gasteiger partial charge in [0.25, 0.3) is 11.5 Å². The molecule has 1 N–H and O–H groups in total. The van der Waals surface area contributed by atoms with Crippen molar-refractivity contribution in [3.8, 4) is 0 Å². The average molecular weight is 387 g/mol. The summed E-state index contributed by atoms with van der Waals surface area (Å²) >= 11 is 5.78. The van der Waals surface area contributed by atoms with Crippen molar-refractivity contribution in [3.63, 3.8) is 0 Å². The molecule has 9 heteroatoms. The van der Waals surface area contributed by atoms with Crippen molar-refractivity contribution >= 4 is 34.4 Å². The average Bonchev–Trinajstić information content (AvgIpc) is 2.67. The minimum Gasteiger partial charge on any atom is -0.441 e. The van der Waals surface area contributed by atoms with Gasteiger partial charge in [-0.15, -0.1) is 5.10 Å². The van der Waals surface area contributed by atoms with Crippen molar-refractivity contribution in [2.75, 3.05) is 0 Å². The van der Waals surface area contributed by atoms with Gasteiger partial charge in [0.15, 0.2) is 6.73 Å². The Bertz CT molecular complexity index is 1050. The largest absolute Gasteiger partial charge is 0.441 e. The number of ether oxygens (including phenoxy) is 1. The van der Waals surface area contributed by atoms with E-state index in [-0.39, 0.29) is 0 Å². The zero-order chi connectivity index (χ0) is 19.4. The molecule has 3 rings (SSSR count). The van der Waals surface area contributed by atoms with Crippen LogP contribution in [0.1, 0.15) is 17.3 Å². The Morgan fingerprint density at radius 2 is 1.89 bits per heavy atom. The van der Waals surface area contributed by atoms with Crippen molar-refractivity contribution in [1.82, 2.24) is 20.3 Å². The SMILES string of the molecule is C[C@@H](NC(=O)c1ccc(Cl)cc1)C(=O)OCn1nnc2ccccc2c1=O. The number of fused-ring (bicyclic) bond motifs is 1. The smallest absolute Gasteiger partial charge is 0.330 e. The standard InChI is InChI=1S/C18H15ClN4O4/c1-11(20-16(24)12-6-8-13(19)9-7-12)18(26)27-10-23-17(25)14-4-2-3-5-15(14)21-22-23/h2-9,11H,10H2,1H3,(H,20,24)/t11-/m1/s1. The van der Waals surface area contributed by atoms with E-state index in [0.717, 1.165) is 4.68 Å². The summed E-state index contributed by atoms with van der Waals surface area (Å²) < 4.78 is 6.00. The van der Waals surface area contributed by atoms with Crippen LogP contribution in [-0.2, 0) is 16.3 Å². The van der Waals surface area contributed by atoms with E-state index in [0.29, 0.717) is 21.5 Å². The van der Waals surface area contributed by atoms with Gasteiger partial charge in [-0.05, 0) is 43.3 Å². The molecule has 0 saturated carbocycles. The first-order valence-electron chi connectivity index (χ1n) is 8.01. The third-order valence-electron chi connectivity index (χ3n) is 3.77. The van der Waals surface area contributed by atoms with E-state index in [9.17, 15) is 14.4 Å². The molecular formula is C18H15ClN4O4. The summed E-state index contributed by atoms with van der Waals surface area (Å²) in [6, 6.07) is 12.0. The summed E-state index contributed by atoms with van der Waals surface area (Å²) in [6.07, 6.45) is 0. The van der Waals surface area contributed by atoms with E-state index in [4.69, 9.17) is 16.3 Å². The Labute approximate surface area is 158 Å². The highest BCUT2D eigenvalue weighted by molar-refractivity contribution is 6.30. The van der Waals surface area contributed by atoms with E-state index in [1.807, 2.05) is 0 Å². The third kappa shape index (κ3) is 4.29. The summed E-state index contributed by atoms with van der Waals surface area (Å²) in [5.41, 5.74) is 0.385. The van der Waals surface area contributed by atoms with Crippen molar-refractivity contribution in [2.45, 2.75) is 19.7 Å². The first kappa shape index (κ1) is 18.5. The summed E-state index contributed by atoms with van der Waals surface area (Å²) in [5.74, 6) is -1.15. The highest BCUT2D eigenvalue weighted by Crippen LogP contribution is 2.09. The molecule has 1 atom stereocenters. The fraction of sp³-hybridized carbons (Fsp3) is 0.167. The molecular weight excluding hydrogens is 372 g/mol. The number of halogens is 1. The van der Waals surface area contributed by atoms with Gasteiger partial charge >= 0.3 is 5.97 Å². The van der Waals surface area contributed by atoms with Crippen LogP contribution >= 0.6 is 11.6 Å². The Hall–Kier alpha value is -3.26. The van der Waals surface area contributed by atoms with Gasteiger partial charge in [0.1, 0.15) is 11.6 Å². The fourth-order valence-corrected chi connectivity index (χ4v) is 2.42. The topological polar surface area (TPSA) is 103 Å². The highest BCUT2D eigenvalue weighted by Gasteiger charge is 2.18. The maximum atomic E-state index is 12.3. The van der Waals surface area contributed by atoms with Crippen LogP contribution < -0.4 is 10.9 Å². The molecule has 8 nitrogen and oxygen atoms in total. The van der Waals surface area contributed by atoms with Gasteiger partial charge in [-0.2, -0.15) is 4.68 Å². The highest BCUT2D eigenvalue weighted by atomic mass is 35.5. The van der Waals surface area contributed by atoms with Crippen molar-refractivity contribution in [1.29, 1.82) is 0 Å². The Morgan fingerprint density at radius 1 is 1.19 bits per heavy atom. The predicted octanol–water partition coefficient (Wildman–Crippen LogP) is 1.76. The van der Waals surface area contributed by atoms with Gasteiger partial charge in [-0.3, -0.25) is 9.59 Å². The lowest BCUT2D eigenvalue weighted by atomic mass is 10.2. The molecule has 0 bridgehead atoms. The molecule has 0 saturated heterocycles. The van der Waals surface area contributed by atoms with Crippen molar-refractivity contribution in [2.24, 2.45) is 0 Å². The van der Waals surface area contributed by atoms with Gasteiger partial charge in [-0.25, -0.2) is 4.79 Å². The number of nitrogens with one attached hydrogen (secondary N) is 1. The van der Waals surface area contributed by atoms with Gasteiger partial charge in [0.05, 0.1) is 5.39 Å². The fourth-order valence-electron chi connectivity index (χ4n) is 2.30. The normalized spacial score (nSPS) is 11.8. The Kier molecular flexibility index (Phi) is 5.46. The molecule has 0 spiro atoms. The van der Waals surface area contributed by atoms with Crippen molar-refractivity contribution in [3.05, 3.63) is 69.5 Å². The second-order valence-corrected chi connectivity index (χ2v) is 6.14. The van der Waals surface area contributed by atoms with Crippen LogP contribution in [0.4, 0.5) is 0 Å². The quantitative estimate of drug-likeness (QED) is 0.670. The molecule has 0 aliphatic heterocycles. The van der Waals surface area contributed by atoms with E-state index >= 15 is 0 Å². The molecule has 0 aliphatic rings. The van der Waals surface area contributed by atoms with Crippen LogP contribution in [0.3, 0.4) is 0 Å². The van der Waals surface area contributed by atoms with Gasteiger partial charge in [0.2, 0.25) is 0 Å². The van der Waals surface area contributed by atoms with Crippen LogP contribution in [-0.4, -0.2) is 32.9 Å². The number of carbonyl (C=O) groups excluding carboxylic acids is 2. The lowest BCUT2D eigenvalue weighted by molar-refractivity contribution is -0.150. The minimum atomic E-state index is -0.919. The summed E-state index contributed by atoms with van der Waals surface area (Å²) in [7, 11) is 0. The van der Waals surface area contributed by atoms with E-state index in [2.05, 4.69) is 15.6 Å².